The number of hydrogen-bond acceptors (Lipinski definition) is 3. The Morgan fingerprint density at radius 3 is 2.50 bits per heavy atom. The third-order valence-electron chi connectivity index (χ3n) is 2.87. The van der Waals surface area contributed by atoms with Gasteiger partial charge in [-0.15, -0.1) is 0 Å². The summed E-state index contributed by atoms with van der Waals surface area (Å²) in [5.41, 5.74) is 0.472. The molecule has 1 rings (SSSR count). The molecule has 3 nitrogen and oxygen atoms in total. The average Bonchev–Trinajstić information content (AvgIpc) is 2.38. The SMILES string of the molecule is OCCN(CCC(O)c1cccc(Cl)c1Cl)CC(F)F. The first kappa shape index (κ1) is 17.6. The standard InChI is InChI=1S/C13H17Cl2F2NO2/c14-10-3-1-2-9(13(10)15)11(20)4-5-18(6-7-19)8-12(16)17/h1-3,11-12,19-20H,4-8H2. The molecule has 0 saturated carbocycles. The lowest BCUT2D eigenvalue weighted by Gasteiger charge is -2.22. The molecule has 0 heterocycles. The van der Waals surface area contributed by atoms with Crippen LogP contribution in [-0.4, -0.2) is 47.8 Å². The Bertz CT molecular complexity index is 421. The van der Waals surface area contributed by atoms with E-state index in [0.717, 1.165) is 0 Å². The van der Waals surface area contributed by atoms with Crippen LogP contribution in [0.25, 0.3) is 0 Å². The summed E-state index contributed by atoms with van der Waals surface area (Å²) in [7, 11) is 0. The molecule has 1 aromatic rings. The zero-order valence-electron chi connectivity index (χ0n) is 10.8. The summed E-state index contributed by atoms with van der Waals surface area (Å²) in [5.74, 6) is 0. The molecule has 1 atom stereocenters. The normalized spacial score (nSPS) is 13.2. The van der Waals surface area contributed by atoms with Crippen molar-refractivity contribution in [2.75, 3.05) is 26.2 Å². The van der Waals surface area contributed by atoms with Crippen LogP contribution in [0.1, 0.15) is 18.1 Å². The Balaban J connectivity index is 2.60. The highest BCUT2D eigenvalue weighted by Crippen LogP contribution is 2.31. The fraction of sp³-hybridized carbons (Fsp3) is 0.538. The number of alkyl halides is 2. The predicted octanol–water partition coefficient (Wildman–Crippen LogP) is 2.98. The summed E-state index contributed by atoms with van der Waals surface area (Å²) in [6, 6.07) is 4.91. The van der Waals surface area contributed by atoms with Crippen molar-refractivity contribution in [1.82, 2.24) is 4.90 Å². The predicted molar refractivity (Wildman–Crippen MR) is 75.6 cm³/mol. The maximum atomic E-state index is 12.3. The highest BCUT2D eigenvalue weighted by atomic mass is 35.5. The lowest BCUT2D eigenvalue weighted by Crippen LogP contribution is -2.33. The van der Waals surface area contributed by atoms with Crippen molar-refractivity contribution in [2.24, 2.45) is 0 Å². The van der Waals surface area contributed by atoms with E-state index in [9.17, 15) is 13.9 Å². The Labute approximate surface area is 126 Å². The van der Waals surface area contributed by atoms with E-state index in [1.807, 2.05) is 0 Å². The minimum atomic E-state index is -2.48. The maximum Gasteiger partial charge on any atom is 0.251 e. The van der Waals surface area contributed by atoms with Gasteiger partial charge >= 0.3 is 0 Å². The van der Waals surface area contributed by atoms with Gasteiger partial charge in [-0.25, -0.2) is 8.78 Å². The molecule has 0 radical (unpaired) electrons. The van der Waals surface area contributed by atoms with Gasteiger partial charge in [-0.05, 0) is 12.5 Å². The van der Waals surface area contributed by atoms with Crippen LogP contribution >= 0.6 is 23.2 Å². The molecule has 20 heavy (non-hydrogen) atoms. The van der Waals surface area contributed by atoms with Gasteiger partial charge in [-0.1, -0.05) is 35.3 Å². The molecule has 0 aliphatic carbocycles. The van der Waals surface area contributed by atoms with Gasteiger partial charge in [0.15, 0.2) is 0 Å². The molecule has 1 unspecified atom stereocenters. The van der Waals surface area contributed by atoms with Crippen LogP contribution in [-0.2, 0) is 0 Å². The minimum absolute atomic E-state index is 0.139. The summed E-state index contributed by atoms with van der Waals surface area (Å²) in [4.78, 5) is 1.40. The first-order valence-electron chi connectivity index (χ1n) is 6.19. The second-order valence-electron chi connectivity index (χ2n) is 4.36. The number of rotatable bonds is 8. The monoisotopic (exact) mass is 327 g/mol. The van der Waals surface area contributed by atoms with E-state index in [1.165, 1.54) is 4.90 Å². The molecule has 2 N–H and O–H groups in total. The molecule has 0 amide bonds. The maximum absolute atomic E-state index is 12.3. The molecule has 0 bridgehead atoms. The van der Waals surface area contributed by atoms with Crippen LogP contribution in [0.4, 0.5) is 8.78 Å². The van der Waals surface area contributed by atoms with E-state index in [4.69, 9.17) is 28.3 Å². The largest absolute Gasteiger partial charge is 0.395 e. The van der Waals surface area contributed by atoms with E-state index in [1.54, 1.807) is 18.2 Å². The molecule has 0 fully saturated rings. The summed E-state index contributed by atoms with van der Waals surface area (Å²) >= 11 is 11.8. The van der Waals surface area contributed by atoms with Crippen LogP contribution in [0.3, 0.4) is 0 Å². The molecule has 114 valence electrons. The number of nitrogens with zero attached hydrogens (tertiary/aromatic N) is 1. The van der Waals surface area contributed by atoms with E-state index >= 15 is 0 Å². The zero-order valence-corrected chi connectivity index (χ0v) is 12.3. The molecule has 0 aliphatic rings. The highest BCUT2D eigenvalue weighted by molar-refractivity contribution is 6.42. The van der Waals surface area contributed by atoms with Crippen LogP contribution in [0, 0.1) is 0 Å². The molecular weight excluding hydrogens is 311 g/mol. The topological polar surface area (TPSA) is 43.7 Å². The lowest BCUT2D eigenvalue weighted by molar-refractivity contribution is 0.0660. The fourth-order valence-corrected chi connectivity index (χ4v) is 2.30. The van der Waals surface area contributed by atoms with E-state index in [2.05, 4.69) is 0 Å². The smallest absolute Gasteiger partial charge is 0.251 e. The van der Waals surface area contributed by atoms with Gasteiger partial charge in [-0.3, -0.25) is 4.90 Å². The van der Waals surface area contributed by atoms with E-state index in [0.29, 0.717) is 10.6 Å². The zero-order chi connectivity index (χ0) is 15.1. The van der Waals surface area contributed by atoms with Gasteiger partial charge in [0.05, 0.1) is 29.3 Å². The summed E-state index contributed by atoms with van der Waals surface area (Å²) in [5, 5.41) is 19.5. The second-order valence-corrected chi connectivity index (χ2v) is 5.15. The van der Waals surface area contributed by atoms with Gasteiger partial charge in [0, 0.05) is 18.7 Å². The third kappa shape index (κ3) is 5.50. The lowest BCUT2D eigenvalue weighted by atomic mass is 10.1. The molecule has 0 spiro atoms. The van der Waals surface area contributed by atoms with Crippen molar-refractivity contribution in [3.05, 3.63) is 33.8 Å². The van der Waals surface area contributed by atoms with Gasteiger partial charge in [0.1, 0.15) is 0 Å². The number of aliphatic hydroxyl groups excluding tert-OH is 2. The Hall–Kier alpha value is -0.460. The second kappa shape index (κ2) is 8.74. The van der Waals surface area contributed by atoms with Crippen LogP contribution < -0.4 is 0 Å². The van der Waals surface area contributed by atoms with Crippen LogP contribution in [0.15, 0.2) is 18.2 Å². The summed E-state index contributed by atoms with van der Waals surface area (Å²) in [6.07, 6.45) is -3.14. The van der Waals surface area contributed by atoms with Crippen molar-refractivity contribution in [3.8, 4) is 0 Å². The Morgan fingerprint density at radius 2 is 1.90 bits per heavy atom. The summed E-state index contributed by atoms with van der Waals surface area (Å²) < 4.78 is 24.7. The van der Waals surface area contributed by atoms with Crippen molar-refractivity contribution >= 4 is 23.2 Å². The summed E-state index contributed by atoms with van der Waals surface area (Å²) in [6.45, 7) is -0.271. The Kier molecular flexibility index (Phi) is 7.69. The molecular formula is C13H17Cl2F2NO2. The van der Waals surface area contributed by atoms with Crippen LogP contribution in [0.5, 0.6) is 0 Å². The fourth-order valence-electron chi connectivity index (χ4n) is 1.87. The highest BCUT2D eigenvalue weighted by Gasteiger charge is 2.17. The van der Waals surface area contributed by atoms with E-state index in [-0.39, 0.29) is 31.1 Å². The van der Waals surface area contributed by atoms with Crippen molar-refractivity contribution in [3.63, 3.8) is 0 Å². The number of aliphatic hydroxyl groups is 2. The minimum Gasteiger partial charge on any atom is -0.395 e. The molecule has 1 aromatic carbocycles. The third-order valence-corrected chi connectivity index (χ3v) is 3.71. The molecule has 0 saturated heterocycles. The van der Waals surface area contributed by atoms with Crippen LogP contribution in [0.2, 0.25) is 10.0 Å². The van der Waals surface area contributed by atoms with Crippen molar-refractivity contribution < 1.29 is 19.0 Å². The van der Waals surface area contributed by atoms with Gasteiger partial charge in [0.25, 0.3) is 6.43 Å². The Morgan fingerprint density at radius 1 is 1.20 bits per heavy atom. The molecule has 0 aliphatic heterocycles. The molecule has 0 aromatic heterocycles. The van der Waals surface area contributed by atoms with Gasteiger partial charge < -0.3 is 10.2 Å². The van der Waals surface area contributed by atoms with Crippen molar-refractivity contribution in [2.45, 2.75) is 19.0 Å². The quantitative estimate of drug-likeness (QED) is 0.771. The first-order chi connectivity index (χ1) is 9.45. The number of halogens is 4. The van der Waals surface area contributed by atoms with Gasteiger partial charge in [-0.2, -0.15) is 0 Å². The molecule has 7 heteroatoms. The van der Waals surface area contributed by atoms with Crippen molar-refractivity contribution in [1.29, 1.82) is 0 Å². The van der Waals surface area contributed by atoms with E-state index < -0.39 is 19.1 Å². The average molecular weight is 328 g/mol. The van der Waals surface area contributed by atoms with Gasteiger partial charge in [0.2, 0.25) is 0 Å². The number of hydrogen-bond donors (Lipinski definition) is 2. The number of benzene rings is 1. The first-order valence-corrected chi connectivity index (χ1v) is 6.94.